The lowest BCUT2D eigenvalue weighted by Gasteiger charge is -1.73. The smallest absolute Gasteiger partial charge is 0.152 e. The lowest BCUT2D eigenvalue weighted by Crippen LogP contribution is -1.76. The second kappa shape index (κ2) is 5.25. The molecule has 8 heavy (non-hydrogen) atoms. The van der Waals surface area contributed by atoms with Crippen molar-refractivity contribution in [2.45, 2.75) is 0 Å². The minimum absolute atomic E-state index is 0.134. The van der Waals surface area contributed by atoms with Crippen molar-refractivity contribution in [1.82, 2.24) is 0 Å². The third-order valence-corrected chi connectivity index (χ3v) is 0.967. The van der Waals surface area contributed by atoms with Gasteiger partial charge >= 0.3 is 8.25 Å². The third kappa shape index (κ3) is 6.11. The van der Waals surface area contributed by atoms with Crippen molar-refractivity contribution < 1.29 is 14.0 Å². The van der Waals surface area contributed by atoms with Crippen LogP contribution in [-0.2, 0) is 9.09 Å². The van der Waals surface area contributed by atoms with E-state index in [4.69, 9.17) is 4.89 Å². The van der Waals surface area contributed by atoms with Gasteiger partial charge in [-0.2, -0.15) is 12.6 Å². The van der Waals surface area contributed by atoms with Crippen LogP contribution in [0.25, 0.3) is 0 Å². The molecular formula is C3H6O3PS+. The molecule has 0 aliphatic rings. The van der Waals surface area contributed by atoms with E-state index in [0.717, 1.165) is 0 Å². The SMILES string of the molecule is O=[P+](O)OCC=CS. The lowest BCUT2D eigenvalue weighted by molar-refractivity contribution is 0.312. The summed E-state index contributed by atoms with van der Waals surface area (Å²) < 4.78 is 14.0. The van der Waals surface area contributed by atoms with Gasteiger partial charge in [0.1, 0.15) is 6.61 Å². The Bertz CT molecular complexity index is 103. The van der Waals surface area contributed by atoms with E-state index in [1.54, 1.807) is 0 Å². The van der Waals surface area contributed by atoms with Crippen molar-refractivity contribution in [3.63, 3.8) is 0 Å². The van der Waals surface area contributed by atoms with Gasteiger partial charge in [-0.3, -0.25) is 0 Å². The van der Waals surface area contributed by atoms with Gasteiger partial charge in [0, 0.05) is 4.57 Å². The van der Waals surface area contributed by atoms with Crippen LogP contribution in [0, 0.1) is 0 Å². The highest BCUT2D eigenvalue weighted by molar-refractivity contribution is 7.83. The van der Waals surface area contributed by atoms with Gasteiger partial charge in [0.2, 0.25) is 0 Å². The largest absolute Gasteiger partial charge is 0.695 e. The number of hydrogen-bond donors (Lipinski definition) is 2. The topological polar surface area (TPSA) is 46.5 Å². The van der Waals surface area contributed by atoms with E-state index in [1.165, 1.54) is 11.5 Å². The van der Waals surface area contributed by atoms with Crippen molar-refractivity contribution in [3.8, 4) is 0 Å². The summed E-state index contributed by atoms with van der Waals surface area (Å²) in [6.45, 7) is 0.134. The fourth-order valence-electron chi connectivity index (χ4n) is 0.150. The first kappa shape index (κ1) is 8.11. The molecule has 0 saturated carbocycles. The molecule has 0 aromatic carbocycles. The average Bonchev–Trinajstić information content (AvgIpc) is 1.66. The maximum Gasteiger partial charge on any atom is 0.695 e. The standard InChI is InChI=1S/C3H5O3PS/c4-7(5)6-2-1-3-8/h1,3H,2H2,(H-,4,5,8)/p+1. The van der Waals surface area contributed by atoms with E-state index in [2.05, 4.69) is 17.2 Å². The van der Waals surface area contributed by atoms with E-state index in [1.807, 2.05) is 0 Å². The average molecular weight is 153 g/mol. The van der Waals surface area contributed by atoms with Gasteiger partial charge in [-0.05, 0) is 11.5 Å². The van der Waals surface area contributed by atoms with Gasteiger partial charge in [0.15, 0.2) is 0 Å². The molecule has 46 valence electrons. The van der Waals surface area contributed by atoms with Gasteiger partial charge < -0.3 is 0 Å². The van der Waals surface area contributed by atoms with E-state index in [9.17, 15) is 4.57 Å². The maximum atomic E-state index is 9.74. The normalized spacial score (nSPS) is 12.5. The first-order valence-corrected chi connectivity index (χ1v) is 3.50. The first-order valence-electron chi connectivity index (χ1n) is 1.85. The van der Waals surface area contributed by atoms with Gasteiger partial charge in [0.25, 0.3) is 0 Å². The van der Waals surface area contributed by atoms with Crippen LogP contribution >= 0.6 is 20.9 Å². The summed E-state index contributed by atoms with van der Waals surface area (Å²) in [4.78, 5) is 8.01. The molecule has 0 bridgehead atoms. The summed E-state index contributed by atoms with van der Waals surface area (Å²) in [7, 11) is -2.45. The Balaban J connectivity index is 3.05. The van der Waals surface area contributed by atoms with Crippen LogP contribution in [0.2, 0.25) is 0 Å². The summed E-state index contributed by atoms with van der Waals surface area (Å²) in [6.07, 6.45) is 1.52. The molecule has 0 fully saturated rings. The summed E-state index contributed by atoms with van der Waals surface area (Å²) in [5.74, 6) is 0. The molecule has 0 saturated heterocycles. The van der Waals surface area contributed by atoms with Crippen LogP contribution in [0.1, 0.15) is 0 Å². The Hall–Kier alpha value is 0.110. The Kier molecular flexibility index (Phi) is 5.32. The number of thiol groups is 1. The predicted octanol–water partition coefficient (Wildman–Crippen LogP) is 1.10. The summed E-state index contributed by atoms with van der Waals surface area (Å²) in [5.41, 5.74) is 0. The Morgan fingerprint density at radius 3 is 2.88 bits per heavy atom. The fraction of sp³-hybridized carbons (Fsp3) is 0.333. The third-order valence-electron chi connectivity index (χ3n) is 0.387. The molecule has 0 heterocycles. The van der Waals surface area contributed by atoms with E-state index in [-0.39, 0.29) is 6.61 Å². The number of rotatable bonds is 3. The van der Waals surface area contributed by atoms with Crippen LogP contribution in [0.3, 0.4) is 0 Å². The van der Waals surface area contributed by atoms with Gasteiger partial charge in [-0.1, -0.05) is 0 Å². The summed E-state index contributed by atoms with van der Waals surface area (Å²) in [5, 5.41) is 1.44. The molecule has 0 aromatic heterocycles. The minimum Gasteiger partial charge on any atom is -0.152 e. The highest BCUT2D eigenvalue weighted by Gasteiger charge is 2.07. The molecule has 0 aliphatic heterocycles. The highest BCUT2D eigenvalue weighted by Crippen LogP contribution is 2.13. The van der Waals surface area contributed by atoms with Crippen LogP contribution in [0.5, 0.6) is 0 Å². The molecule has 1 N–H and O–H groups in total. The molecular weight excluding hydrogens is 147 g/mol. The van der Waals surface area contributed by atoms with Crippen molar-refractivity contribution in [2.24, 2.45) is 0 Å². The first-order chi connectivity index (χ1) is 3.77. The van der Waals surface area contributed by atoms with Crippen molar-refractivity contribution >= 4 is 20.9 Å². The monoisotopic (exact) mass is 153 g/mol. The molecule has 0 radical (unpaired) electrons. The molecule has 0 amide bonds. The molecule has 0 spiro atoms. The molecule has 3 nitrogen and oxygen atoms in total. The Morgan fingerprint density at radius 1 is 1.88 bits per heavy atom. The van der Waals surface area contributed by atoms with E-state index in [0.29, 0.717) is 0 Å². The molecule has 1 unspecified atom stereocenters. The molecule has 5 heteroatoms. The van der Waals surface area contributed by atoms with Gasteiger partial charge in [0.05, 0.1) is 0 Å². The Morgan fingerprint density at radius 2 is 2.50 bits per heavy atom. The predicted molar refractivity (Wildman–Crippen MR) is 33.9 cm³/mol. The fourth-order valence-corrected chi connectivity index (χ4v) is 0.449. The van der Waals surface area contributed by atoms with Gasteiger partial charge in [-0.15, -0.1) is 9.42 Å². The summed E-state index contributed by atoms with van der Waals surface area (Å²) in [6, 6.07) is 0. The van der Waals surface area contributed by atoms with Crippen molar-refractivity contribution in [1.29, 1.82) is 0 Å². The molecule has 0 aromatic rings. The van der Waals surface area contributed by atoms with Crippen LogP contribution in [0.15, 0.2) is 11.5 Å². The van der Waals surface area contributed by atoms with Crippen LogP contribution in [-0.4, -0.2) is 11.5 Å². The van der Waals surface area contributed by atoms with Crippen LogP contribution < -0.4 is 0 Å². The zero-order valence-electron chi connectivity index (χ0n) is 4.02. The Labute approximate surface area is 53.7 Å². The maximum absolute atomic E-state index is 9.74. The molecule has 0 aliphatic carbocycles. The minimum atomic E-state index is -2.45. The zero-order valence-corrected chi connectivity index (χ0v) is 5.81. The van der Waals surface area contributed by atoms with E-state index < -0.39 is 8.25 Å². The summed E-state index contributed by atoms with van der Waals surface area (Å²) >= 11 is 3.69. The second-order valence-corrected chi connectivity index (χ2v) is 1.95. The van der Waals surface area contributed by atoms with Crippen LogP contribution in [0.4, 0.5) is 0 Å². The number of hydrogen-bond acceptors (Lipinski definition) is 3. The van der Waals surface area contributed by atoms with E-state index >= 15 is 0 Å². The zero-order chi connectivity index (χ0) is 6.41. The quantitative estimate of drug-likeness (QED) is 0.471. The molecule has 0 rings (SSSR count). The molecule has 1 atom stereocenters. The lowest BCUT2D eigenvalue weighted by atomic mass is 10.7. The van der Waals surface area contributed by atoms with Crippen molar-refractivity contribution in [2.75, 3.05) is 6.61 Å². The highest BCUT2D eigenvalue weighted by atomic mass is 32.1. The van der Waals surface area contributed by atoms with Crippen molar-refractivity contribution in [3.05, 3.63) is 11.5 Å². The van der Waals surface area contributed by atoms with Gasteiger partial charge in [-0.25, -0.2) is 0 Å². The second-order valence-electron chi connectivity index (χ2n) is 0.918.